The monoisotopic (exact) mass is 307 g/mol. The molecule has 0 aromatic heterocycles. The van der Waals surface area contributed by atoms with Crippen LogP contribution in [0.4, 0.5) is 0 Å². The van der Waals surface area contributed by atoms with Gasteiger partial charge in [0, 0.05) is 6.04 Å². The van der Waals surface area contributed by atoms with Gasteiger partial charge in [0.15, 0.2) is 0 Å². The summed E-state index contributed by atoms with van der Waals surface area (Å²) in [6.07, 6.45) is 2.34. The highest BCUT2D eigenvalue weighted by molar-refractivity contribution is 7.89. The van der Waals surface area contributed by atoms with Crippen molar-refractivity contribution in [1.82, 2.24) is 4.72 Å². The fourth-order valence-corrected chi connectivity index (χ4v) is 3.60. The number of carboxylic acid groups (broad SMARTS) is 1. The molecule has 2 unspecified atom stereocenters. The minimum atomic E-state index is -3.68. The van der Waals surface area contributed by atoms with Crippen LogP contribution in [0.3, 0.4) is 0 Å². The van der Waals surface area contributed by atoms with Gasteiger partial charge in [-0.3, -0.25) is 9.59 Å². The Bertz CT molecular complexity index is 447. The van der Waals surface area contributed by atoms with Crippen molar-refractivity contribution in [3.05, 3.63) is 0 Å². The molecule has 1 rings (SSSR count). The molecule has 0 heterocycles. The van der Waals surface area contributed by atoms with Crippen molar-refractivity contribution in [1.29, 1.82) is 0 Å². The molecule has 0 radical (unpaired) electrons. The molecule has 1 aliphatic carbocycles. The van der Waals surface area contributed by atoms with Gasteiger partial charge in [0.1, 0.15) is 0 Å². The number of esters is 1. The van der Waals surface area contributed by atoms with E-state index in [9.17, 15) is 18.0 Å². The van der Waals surface area contributed by atoms with Crippen LogP contribution in [-0.2, 0) is 24.3 Å². The average Bonchev–Trinajstić information content (AvgIpc) is 2.37. The van der Waals surface area contributed by atoms with E-state index in [0.29, 0.717) is 12.8 Å². The Hall–Kier alpha value is -1.15. The van der Waals surface area contributed by atoms with Crippen molar-refractivity contribution < 1.29 is 27.9 Å². The molecule has 2 atom stereocenters. The summed E-state index contributed by atoms with van der Waals surface area (Å²) < 4.78 is 30.8. The van der Waals surface area contributed by atoms with Crippen molar-refractivity contribution in [2.75, 3.05) is 12.4 Å². The number of carbonyl (C=O) groups is 2. The van der Waals surface area contributed by atoms with Gasteiger partial charge in [-0.1, -0.05) is 12.8 Å². The molecule has 0 spiro atoms. The number of carbonyl (C=O) groups excluding carboxylic acids is 1. The van der Waals surface area contributed by atoms with Crippen LogP contribution < -0.4 is 4.72 Å². The Morgan fingerprint density at radius 1 is 1.30 bits per heavy atom. The fraction of sp³-hybridized carbons (Fsp3) is 0.833. The molecule has 1 aliphatic rings. The summed E-state index contributed by atoms with van der Waals surface area (Å²) in [5, 5.41) is 9.08. The molecule has 0 aromatic carbocycles. The van der Waals surface area contributed by atoms with E-state index in [4.69, 9.17) is 5.11 Å². The SMILES string of the molecule is CCOC(=O)CCS(=O)(=O)NC1CCCCC1C(=O)O. The van der Waals surface area contributed by atoms with Crippen molar-refractivity contribution in [2.45, 2.75) is 45.1 Å². The highest BCUT2D eigenvalue weighted by Crippen LogP contribution is 2.25. The van der Waals surface area contributed by atoms with Crippen LogP contribution in [0.15, 0.2) is 0 Å². The van der Waals surface area contributed by atoms with Crippen molar-refractivity contribution >= 4 is 22.0 Å². The van der Waals surface area contributed by atoms with Gasteiger partial charge < -0.3 is 9.84 Å². The zero-order valence-corrected chi connectivity index (χ0v) is 12.3. The van der Waals surface area contributed by atoms with Gasteiger partial charge in [-0.05, 0) is 19.8 Å². The standard InChI is InChI=1S/C12H21NO6S/c1-2-19-11(14)7-8-20(17,18)13-10-6-4-3-5-9(10)12(15)16/h9-10,13H,2-8H2,1H3,(H,15,16). The van der Waals surface area contributed by atoms with E-state index in [0.717, 1.165) is 12.8 Å². The number of ether oxygens (including phenoxy) is 1. The molecule has 0 aromatic rings. The summed E-state index contributed by atoms with van der Waals surface area (Å²) in [7, 11) is -3.68. The lowest BCUT2D eigenvalue weighted by Gasteiger charge is -2.28. The normalized spacial score (nSPS) is 23.2. The summed E-state index contributed by atoms with van der Waals surface area (Å²) in [5.74, 6) is -2.63. The summed E-state index contributed by atoms with van der Waals surface area (Å²) in [6.45, 7) is 1.85. The second-order valence-corrected chi connectivity index (χ2v) is 6.70. The second-order valence-electron chi connectivity index (χ2n) is 4.83. The van der Waals surface area contributed by atoms with E-state index in [1.807, 2.05) is 0 Å². The highest BCUT2D eigenvalue weighted by atomic mass is 32.2. The van der Waals surface area contributed by atoms with Crippen LogP contribution in [0, 0.1) is 5.92 Å². The first-order chi connectivity index (χ1) is 9.35. The van der Waals surface area contributed by atoms with E-state index in [1.165, 1.54) is 0 Å². The fourth-order valence-electron chi connectivity index (χ4n) is 2.31. The van der Waals surface area contributed by atoms with Gasteiger partial charge in [-0.15, -0.1) is 0 Å². The van der Waals surface area contributed by atoms with Gasteiger partial charge in [-0.25, -0.2) is 13.1 Å². The van der Waals surface area contributed by atoms with E-state index in [1.54, 1.807) is 6.92 Å². The number of aliphatic carboxylic acids is 1. The topological polar surface area (TPSA) is 110 Å². The maximum absolute atomic E-state index is 11.9. The number of nitrogens with one attached hydrogen (secondary N) is 1. The lowest BCUT2D eigenvalue weighted by molar-refractivity contribution is -0.144. The van der Waals surface area contributed by atoms with E-state index in [-0.39, 0.29) is 18.8 Å². The molecule has 0 amide bonds. The van der Waals surface area contributed by atoms with Gasteiger partial charge in [0.05, 0.1) is 24.7 Å². The highest BCUT2D eigenvalue weighted by Gasteiger charge is 2.33. The van der Waals surface area contributed by atoms with Crippen LogP contribution in [0.5, 0.6) is 0 Å². The van der Waals surface area contributed by atoms with E-state index in [2.05, 4.69) is 9.46 Å². The number of carboxylic acids is 1. The Balaban J connectivity index is 2.55. The summed E-state index contributed by atoms with van der Waals surface area (Å²) in [5.41, 5.74) is 0. The first-order valence-corrected chi connectivity index (χ1v) is 8.39. The number of hydrogen-bond acceptors (Lipinski definition) is 5. The lowest BCUT2D eigenvalue weighted by atomic mass is 9.85. The largest absolute Gasteiger partial charge is 0.481 e. The maximum atomic E-state index is 11.9. The van der Waals surface area contributed by atoms with Crippen molar-refractivity contribution in [3.8, 4) is 0 Å². The summed E-state index contributed by atoms with van der Waals surface area (Å²) in [6, 6.07) is -0.589. The lowest BCUT2D eigenvalue weighted by Crippen LogP contribution is -2.45. The van der Waals surface area contributed by atoms with Crippen molar-refractivity contribution in [3.63, 3.8) is 0 Å². The van der Waals surface area contributed by atoms with Gasteiger partial charge in [-0.2, -0.15) is 0 Å². The number of hydrogen-bond donors (Lipinski definition) is 2. The van der Waals surface area contributed by atoms with E-state index >= 15 is 0 Å². The molecule has 8 heteroatoms. The maximum Gasteiger partial charge on any atom is 0.308 e. The molecular formula is C12H21NO6S. The third-order valence-corrected chi connectivity index (χ3v) is 4.70. The zero-order valence-electron chi connectivity index (χ0n) is 11.5. The van der Waals surface area contributed by atoms with Crippen molar-refractivity contribution in [2.24, 2.45) is 5.92 Å². The molecule has 116 valence electrons. The molecule has 0 bridgehead atoms. The molecule has 1 saturated carbocycles. The van der Waals surface area contributed by atoms with E-state index < -0.39 is 33.9 Å². The third kappa shape index (κ3) is 5.46. The molecule has 20 heavy (non-hydrogen) atoms. The molecule has 0 saturated heterocycles. The number of rotatable bonds is 7. The van der Waals surface area contributed by atoms with Crippen LogP contribution in [0.1, 0.15) is 39.0 Å². The predicted molar refractivity (Wildman–Crippen MR) is 71.6 cm³/mol. The Morgan fingerprint density at radius 2 is 1.95 bits per heavy atom. The Kier molecular flexibility index (Phi) is 6.41. The second kappa shape index (κ2) is 7.58. The van der Waals surface area contributed by atoms with Crippen LogP contribution in [0.2, 0.25) is 0 Å². The minimum Gasteiger partial charge on any atom is -0.481 e. The average molecular weight is 307 g/mol. The van der Waals surface area contributed by atoms with Gasteiger partial charge >= 0.3 is 11.9 Å². The molecule has 7 nitrogen and oxygen atoms in total. The Morgan fingerprint density at radius 3 is 2.55 bits per heavy atom. The summed E-state index contributed by atoms with van der Waals surface area (Å²) in [4.78, 5) is 22.2. The molecule has 1 fully saturated rings. The zero-order chi connectivity index (χ0) is 15.2. The predicted octanol–water partition coefficient (Wildman–Crippen LogP) is 0.502. The first kappa shape index (κ1) is 16.9. The molecular weight excluding hydrogens is 286 g/mol. The van der Waals surface area contributed by atoms with Gasteiger partial charge in [0.2, 0.25) is 10.0 Å². The van der Waals surface area contributed by atoms with Crippen LogP contribution in [0.25, 0.3) is 0 Å². The van der Waals surface area contributed by atoms with Gasteiger partial charge in [0.25, 0.3) is 0 Å². The quantitative estimate of drug-likeness (QED) is 0.663. The van der Waals surface area contributed by atoms with Crippen LogP contribution >= 0.6 is 0 Å². The summed E-state index contributed by atoms with van der Waals surface area (Å²) >= 11 is 0. The number of sulfonamides is 1. The smallest absolute Gasteiger partial charge is 0.308 e. The third-order valence-electron chi connectivity index (χ3n) is 3.29. The minimum absolute atomic E-state index is 0.204. The molecule has 2 N–H and O–H groups in total. The first-order valence-electron chi connectivity index (χ1n) is 6.74. The van der Waals surface area contributed by atoms with Crippen LogP contribution in [-0.4, -0.2) is 43.9 Å². The Labute approximate surface area is 118 Å². The molecule has 0 aliphatic heterocycles.